The molecule has 0 saturated heterocycles. The topological polar surface area (TPSA) is 78.2 Å². The fraction of sp³-hybridized carbons (Fsp3) is 0.844. The van der Waals surface area contributed by atoms with Gasteiger partial charge in [-0.15, -0.1) is 11.6 Å². The molecule has 4 nitrogen and oxygen atoms in total. The highest BCUT2D eigenvalue weighted by molar-refractivity contribution is 6.18. The average molecular weight is 528 g/mol. The molecule has 9 atom stereocenters. The number of halogens is 1. The highest BCUT2D eigenvalue weighted by Crippen LogP contribution is 2.76. The van der Waals surface area contributed by atoms with Gasteiger partial charge >= 0.3 is 0 Å². The van der Waals surface area contributed by atoms with Crippen molar-refractivity contribution in [1.29, 1.82) is 5.26 Å². The van der Waals surface area contributed by atoms with E-state index in [2.05, 4.69) is 40.7 Å². The fourth-order valence-electron chi connectivity index (χ4n) is 11.1. The predicted octanol–water partition coefficient (Wildman–Crippen LogP) is 6.89. The number of alkyl halides is 1. The molecule has 5 rings (SSSR count). The van der Waals surface area contributed by atoms with E-state index in [0.717, 1.165) is 44.9 Å². The lowest BCUT2D eigenvalue weighted by Gasteiger charge is -2.72. The summed E-state index contributed by atoms with van der Waals surface area (Å²) < 4.78 is 0. The zero-order valence-corrected chi connectivity index (χ0v) is 24.7. The van der Waals surface area contributed by atoms with E-state index in [1.54, 1.807) is 0 Å². The van der Waals surface area contributed by atoms with Crippen LogP contribution in [-0.4, -0.2) is 28.7 Å². The Balaban J connectivity index is 1.64. The summed E-state index contributed by atoms with van der Waals surface area (Å²) in [6, 6.07) is 2.21. The molecule has 0 amide bonds. The van der Waals surface area contributed by atoms with Crippen LogP contribution >= 0.6 is 11.6 Å². The molecule has 4 fully saturated rings. The first kappa shape index (κ1) is 27.4. The summed E-state index contributed by atoms with van der Waals surface area (Å²) in [7, 11) is 0. The van der Waals surface area contributed by atoms with Crippen LogP contribution in [0.3, 0.4) is 0 Å². The van der Waals surface area contributed by atoms with Gasteiger partial charge in [0.1, 0.15) is 11.9 Å². The van der Waals surface area contributed by atoms with Crippen molar-refractivity contribution in [2.75, 3.05) is 5.88 Å². The minimum atomic E-state index is -0.615. The number of rotatable bonds is 2. The molecule has 1 N–H and O–H groups in total. The number of fused-ring (bicyclic) bond motifs is 7. The molecule has 2 unspecified atom stereocenters. The number of hydrogen-bond acceptors (Lipinski definition) is 4. The summed E-state index contributed by atoms with van der Waals surface area (Å²) >= 11 is 6.32. The van der Waals surface area contributed by atoms with E-state index in [1.807, 2.05) is 19.9 Å². The Morgan fingerprint density at radius 2 is 1.65 bits per heavy atom. The first-order valence-corrected chi connectivity index (χ1v) is 15.0. The Labute approximate surface area is 228 Å². The summed E-state index contributed by atoms with van der Waals surface area (Å²) in [6.07, 6.45) is 8.57. The van der Waals surface area contributed by atoms with Gasteiger partial charge in [-0.05, 0) is 84.4 Å². The first-order valence-electron chi connectivity index (χ1n) is 14.5. The van der Waals surface area contributed by atoms with Crippen molar-refractivity contribution in [3.05, 3.63) is 11.6 Å². The Morgan fingerprint density at radius 1 is 1.00 bits per heavy atom. The number of aliphatic hydroxyl groups excluding tert-OH is 1. The lowest BCUT2D eigenvalue weighted by molar-refractivity contribution is -0.232. The first-order chi connectivity index (χ1) is 17.0. The minimum Gasteiger partial charge on any atom is -0.391 e. The van der Waals surface area contributed by atoms with Crippen LogP contribution in [0.25, 0.3) is 0 Å². The molecule has 5 heteroatoms. The van der Waals surface area contributed by atoms with Crippen LogP contribution in [0.1, 0.15) is 99.8 Å². The maximum atomic E-state index is 14.5. The van der Waals surface area contributed by atoms with E-state index in [4.69, 9.17) is 11.6 Å². The van der Waals surface area contributed by atoms with Gasteiger partial charge in [0.15, 0.2) is 5.78 Å². The van der Waals surface area contributed by atoms with Crippen molar-refractivity contribution in [3.63, 3.8) is 0 Å². The fourth-order valence-corrected chi connectivity index (χ4v) is 11.4. The minimum absolute atomic E-state index is 0.0470. The number of ketones is 2. The summed E-state index contributed by atoms with van der Waals surface area (Å²) in [5.41, 5.74) is -1.15. The van der Waals surface area contributed by atoms with E-state index in [1.165, 1.54) is 0 Å². The van der Waals surface area contributed by atoms with Crippen molar-refractivity contribution in [2.45, 2.75) is 106 Å². The average Bonchev–Trinajstić information content (AvgIpc) is 2.82. The Hall–Kier alpha value is -1.18. The predicted molar refractivity (Wildman–Crippen MR) is 146 cm³/mol. The number of nitrogens with zero attached hydrogens (tertiary/aromatic N) is 1. The SMILES string of the molecule is CC1(C)CC[C@]2([C@H](O)CCl)CC[C@]3(C)C(C(=O)C[C@@H]4[C@@]5(C)C=C(C#N)C(=O)C(C)(C)[C@@H]5CC[C@]43C)C2C1. The van der Waals surface area contributed by atoms with Crippen LogP contribution < -0.4 is 0 Å². The van der Waals surface area contributed by atoms with Crippen molar-refractivity contribution in [2.24, 2.45) is 56.2 Å². The van der Waals surface area contributed by atoms with Gasteiger partial charge in [-0.3, -0.25) is 9.59 Å². The largest absolute Gasteiger partial charge is 0.391 e. The van der Waals surface area contributed by atoms with Gasteiger partial charge in [0.2, 0.25) is 0 Å². The second-order valence-electron chi connectivity index (χ2n) is 15.6. The summed E-state index contributed by atoms with van der Waals surface area (Å²) in [5.74, 6) is 0.761. The maximum Gasteiger partial charge on any atom is 0.178 e. The van der Waals surface area contributed by atoms with E-state index >= 15 is 0 Å². The normalized spacial score (nSPS) is 48.9. The Kier molecular flexibility index (Phi) is 6.05. The third-order valence-corrected chi connectivity index (χ3v) is 13.6. The molecule has 0 heterocycles. The van der Waals surface area contributed by atoms with Gasteiger partial charge in [-0.1, -0.05) is 54.5 Å². The number of carbonyl (C=O) groups is 2. The molecule has 204 valence electrons. The van der Waals surface area contributed by atoms with E-state index in [9.17, 15) is 20.0 Å². The standard InChI is InChI=1S/C32H46ClNO3/c1-27(2)10-12-32(24(36)17-33)13-11-31(7)25(20(32)16-27)21(35)14-23-29(5)15-19(18-34)26(37)28(3,4)22(29)8-9-30(23,31)6/h15,20,22-25,36H,8-14,16-17H2,1-7H3/t20?,22-,23+,24+,25?,29-,30+,31+,32-/m0/s1. The molecular formula is C32H46ClNO3. The molecule has 0 radical (unpaired) electrons. The highest BCUT2D eigenvalue weighted by atomic mass is 35.5. The smallest absolute Gasteiger partial charge is 0.178 e. The molecule has 0 aromatic heterocycles. The number of Topliss-reactive ketones (excluding diaryl/α,β-unsaturated/α-hetero) is 2. The lowest BCUT2D eigenvalue weighted by Crippen LogP contribution is -2.69. The zero-order chi connectivity index (χ0) is 27.4. The monoisotopic (exact) mass is 527 g/mol. The zero-order valence-electron chi connectivity index (χ0n) is 23.9. The lowest BCUT2D eigenvalue weighted by atomic mass is 9.31. The molecule has 0 aromatic carbocycles. The van der Waals surface area contributed by atoms with Gasteiger partial charge in [-0.2, -0.15) is 5.26 Å². The quantitative estimate of drug-likeness (QED) is 0.397. The van der Waals surface area contributed by atoms with Crippen molar-refractivity contribution in [1.82, 2.24) is 0 Å². The highest BCUT2D eigenvalue weighted by Gasteiger charge is 2.72. The Morgan fingerprint density at radius 3 is 2.27 bits per heavy atom. The van der Waals surface area contributed by atoms with Gasteiger partial charge in [0, 0.05) is 29.0 Å². The Bertz CT molecular complexity index is 1100. The van der Waals surface area contributed by atoms with E-state index in [0.29, 0.717) is 12.2 Å². The van der Waals surface area contributed by atoms with Gasteiger partial charge < -0.3 is 5.11 Å². The van der Waals surface area contributed by atoms with Crippen LogP contribution in [0.4, 0.5) is 0 Å². The molecular weight excluding hydrogens is 482 g/mol. The number of nitriles is 1. The molecule has 4 saturated carbocycles. The molecule has 37 heavy (non-hydrogen) atoms. The van der Waals surface area contributed by atoms with Crippen LogP contribution in [-0.2, 0) is 9.59 Å². The number of hydrogen-bond donors (Lipinski definition) is 1. The van der Waals surface area contributed by atoms with Crippen molar-refractivity contribution < 1.29 is 14.7 Å². The summed E-state index contributed by atoms with van der Waals surface area (Å²) in [4.78, 5) is 27.7. The molecule has 5 aliphatic carbocycles. The molecule has 0 spiro atoms. The molecule has 0 aromatic rings. The maximum absolute atomic E-state index is 14.5. The molecule has 0 aliphatic heterocycles. The van der Waals surface area contributed by atoms with E-state index < -0.39 is 11.5 Å². The van der Waals surface area contributed by atoms with Crippen LogP contribution in [0.15, 0.2) is 11.6 Å². The second-order valence-corrected chi connectivity index (χ2v) is 15.9. The summed E-state index contributed by atoms with van der Waals surface area (Å²) in [6.45, 7) is 15.7. The van der Waals surface area contributed by atoms with E-state index in [-0.39, 0.29) is 68.0 Å². The van der Waals surface area contributed by atoms with Gasteiger partial charge in [-0.25, -0.2) is 0 Å². The second kappa shape index (κ2) is 8.17. The number of allylic oxidation sites excluding steroid dienone is 2. The van der Waals surface area contributed by atoms with Crippen molar-refractivity contribution in [3.8, 4) is 6.07 Å². The third-order valence-electron chi connectivity index (χ3n) is 13.3. The number of aliphatic hydroxyl groups is 1. The molecule has 0 bridgehead atoms. The van der Waals surface area contributed by atoms with Crippen LogP contribution in [0.5, 0.6) is 0 Å². The van der Waals surface area contributed by atoms with Crippen LogP contribution in [0, 0.1) is 67.5 Å². The van der Waals surface area contributed by atoms with Gasteiger partial charge in [0.05, 0.1) is 11.7 Å². The van der Waals surface area contributed by atoms with Gasteiger partial charge in [0.25, 0.3) is 0 Å². The molecule has 5 aliphatic rings. The third kappa shape index (κ3) is 3.35. The number of carbonyl (C=O) groups excluding carboxylic acids is 2. The van der Waals surface area contributed by atoms with Crippen molar-refractivity contribution >= 4 is 23.2 Å². The van der Waals surface area contributed by atoms with Crippen LogP contribution in [0.2, 0.25) is 0 Å². The summed E-state index contributed by atoms with van der Waals surface area (Å²) in [5, 5.41) is 21.2.